The highest BCUT2D eigenvalue weighted by Crippen LogP contribution is 2.29. The fraction of sp³-hybridized carbons (Fsp3) is 0.412. The monoisotopic (exact) mass is 350 g/mol. The average molecular weight is 350 g/mol. The van der Waals surface area contributed by atoms with Crippen molar-refractivity contribution in [3.05, 3.63) is 35.4 Å². The van der Waals surface area contributed by atoms with Gasteiger partial charge in [-0.2, -0.15) is 0 Å². The van der Waals surface area contributed by atoms with Gasteiger partial charge >= 0.3 is 0 Å². The minimum Gasteiger partial charge on any atom is -0.370 e. The Bertz CT molecular complexity index is 627. The van der Waals surface area contributed by atoms with Crippen molar-refractivity contribution in [2.45, 2.75) is 33.6 Å². The van der Waals surface area contributed by atoms with Gasteiger partial charge in [0, 0.05) is 23.0 Å². The summed E-state index contributed by atoms with van der Waals surface area (Å²) in [4.78, 5) is 42.8. The molecule has 0 aliphatic rings. The maximum atomic E-state index is 11.0. The van der Waals surface area contributed by atoms with Crippen LogP contribution in [0.25, 0.3) is 0 Å². The number of hydrogen-bond donors (Lipinski definition) is 4. The Morgan fingerprint density at radius 1 is 0.960 bits per heavy atom. The molecule has 0 aliphatic carbocycles. The molecule has 0 radical (unpaired) electrons. The van der Waals surface area contributed by atoms with Crippen molar-refractivity contribution >= 4 is 23.6 Å². The molecule has 1 rings (SSSR count). The highest BCUT2D eigenvalue weighted by atomic mass is 16.2. The van der Waals surface area contributed by atoms with Crippen LogP contribution in [0.4, 0.5) is 0 Å². The Morgan fingerprint density at radius 2 is 1.40 bits per heavy atom. The maximum absolute atomic E-state index is 11.0. The maximum Gasteiger partial charge on any atom is 0.248 e. The molecule has 1 atom stereocenters. The zero-order valence-corrected chi connectivity index (χ0v) is 14.7. The minimum atomic E-state index is -0.574. The van der Waals surface area contributed by atoms with E-state index in [1.165, 1.54) is 18.2 Å². The summed E-state index contributed by atoms with van der Waals surface area (Å²) in [6.45, 7) is 5.45. The summed E-state index contributed by atoms with van der Waals surface area (Å²) in [6, 6.07) is 5.97. The Labute approximate surface area is 146 Å². The molecule has 0 fully saturated rings. The van der Waals surface area contributed by atoms with Gasteiger partial charge in [0.2, 0.25) is 23.6 Å². The second kappa shape index (κ2) is 9.41. The first-order chi connectivity index (χ1) is 11.4. The van der Waals surface area contributed by atoms with E-state index in [0.29, 0.717) is 12.8 Å². The van der Waals surface area contributed by atoms with Crippen molar-refractivity contribution in [3.8, 4) is 0 Å². The van der Waals surface area contributed by atoms with E-state index in [2.05, 4.69) is 0 Å². The van der Waals surface area contributed by atoms with Gasteiger partial charge in [-0.1, -0.05) is 26.8 Å². The fourth-order valence-electron chi connectivity index (χ4n) is 1.79. The summed E-state index contributed by atoms with van der Waals surface area (Å²) < 4.78 is 0. The molecule has 8 nitrogen and oxygen atoms in total. The van der Waals surface area contributed by atoms with Crippen molar-refractivity contribution in [1.29, 1.82) is 0 Å². The molecule has 1 aromatic carbocycles. The quantitative estimate of drug-likeness (QED) is 0.553. The molecule has 0 heterocycles. The highest BCUT2D eigenvalue weighted by molar-refractivity contribution is 5.98. The summed E-state index contributed by atoms with van der Waals surface area (Å²) in [6.07, 6.45) is 0.906. The van der Waals surface area contributed by atoms with Crippen molar-refractivity contribution in [3.63, 3.8) is 0 Å². The lowest BCUT2D eigenvalue weighted by molar-refractivity contribution is -0.129. The molecule has 0 spiro atoms. The van der Waals surface area contributed by atoms with Gasteiger partial charge in [-0.15, -0.1) is 0 Å². The average Bonchev–Trinajstić information content (AvgIpc) is 2.52. The van der Waals surface area contributed by atoms with Gasteiger partial charge < -0.3 is 22.9 Å². The molecule has 1 aromatic rings. The molecule has 138 valence electrons. The van der Waals surface area contributed by atoms with E-state index in [1.54, 1.807) is 19.9 Å². The number of carbonyl (C=O) groups excluding carboxylic acids is 4. The van der Waals surface area contributed by atoms with Crippen LogP contribution < -0.4 is 22.9 Å². The van der Waals surface area contributed by atoms with Crippen LogP contribution in [0.15, 0.2) is 24.3 Å². The van der Waals surface area contributed by atoms with E-state index in [0.717, 1.165) is 0 Å². The SMILES string of the molecule is CC(CCC(N)=O)C(C)(C)C(N)=O.NC(=O)c1cccc(C(N)=O)c1. The summed E-state index contributed by atoms with van der Waals surface area (Å²) in [5.74, 6) is -1.76. The van der Waals surface area contributed by atoms with Crippen molar-refractivity contribution in [2.75, 3.05) is 0 Å². The Balaban J connectivity index is 0.000000462. The van der Waals surface area contributed by atoms with Crippen LogP contribution in [-0.2, 0) is 9.59 Å². The Hall–Kier alpha value is -2.90. The molecule has 8 heteroatoms. The topological polar surface area (TPSA) is 172 Å². The van der Waals surface area contributed by atoms with E-state index < -0.39 is 17.2 Å². The Morgan fingerprint density at radius 3 is 1.72 bits per heavy atom. The van der Waals surface area contributed by atoms with E-state index >= 15 is 0 Å². The predicted octanol–water partition coefficient (Wildman–Crippen LogP) is 0.284. The van der Waals surface area contributed by atoms with Crippen LogP contribution in [0, 0.1) is 11.3 Å². The van der Waals surface area contributed by atoms with Gasteiger partial charge in [-0.25, -0.2) is 0 Å². The first kappa shape index (κ1) is 22.1. The molecule has 0 saturated heterocycles. The lowest BCUT2D eigenvalue weighted by Crippen LogP contribution is -2.37. The van der Waals surface area contributed by atoms with Crippen molar-refractivity contribution in [1.82, 2.24) is 0 Å². The van der Waals surface area contributed by atoms with Gasteiger partial charge in [0.1, 0.15) is 0 Å². The highest BCUT2D eigenvalue weighted by Gasteiger charge is 2.31. The molecule has 4 amide bonds. The summed E-state index contributed by atoms with van der Waals surface area (Å²) >= 11 is 0. The zero-order chi connectivity index (χ0) is 19.8. The molecule has 0 aliphatic heterocycles. The molecule has 0 aromatic heterocycles. The van der Waals surface area contributed by atoms with E-state index in [9.17, 15) is 19.2 Å². The van der Waals surface area contributed by atoms with Gasteiger partial charge in [0.15, 0.2) is 0 Å². The van der Waals surface area contributed by atoms with Crippen LogP contribution in [-0.4, -0.2) is 23.6 Å². The second-order valence-electron chi connectivity index (χ2n) is 6.30. The van der Waals surface area contributed by atoms with E-state index in [1.807, 2.05) is 6.92 Å². The lowest BCUT2D eigenvalue weighted by Gasteiger charge is -2.27. The number of amides is 4. The van der Waals surface area contributed by atoms with Gasteiger partial charge in [0.25, 0.3) is 0 Å². The number of hydrogen-bond acceptors (Lipinski definition) is 4. The van der Waals surface area contributed by atoms with Gasteiger partial charge in [0.05, 0.1) is 0 Å². The van der Waals surface area contributed by atoms with Crippen LogP contribution in [0.5, 0.6) is 0 Å². The third-order valence-electron chi connectivity index (χ3n) is 4.12. The normalized spacial score (nSPS) is 11.6. The van der Waals surface area contributed by atoms with Crippen LogP contribution in [0.1, 0.15) is 54.3 Å². The number of rotatable bonds is 7. The van der Waals surface area contributed by atoms with E-state index in [-0.39, 0.29) is 28.9 Å². The molecule has 8 N–H and O–H groups in total. The molecular weight excluding hydrogens is 324 g/mol. The third kappa shape index (κ3) is 7.47. The standard InChI is InChI=1S/C9H18N2O2.C8H8N2O2/c1-6(4-5-7(10)12)9(2,3)8(11)13;9-7(11)5-2-1-3-6(4-5)8(10)12/h6H,4-5H2,1-3H3,(H2,10,12)(H2,11,13);1-4H,(H2,9,11)(H2,10,12). The van der Waals surface area contributed by atoms with Gasteiger partial charge in [-0.3, -0.25) is 19.2 Å². The predicted molar refractivity (Wildman–Crippen MR) is 94.0 cm³/mol. The largest absolute Gasteiger partial charge is 0.370 e. The molecule has 0 saturated carbocycles. The number of benzene rings is 1. The first-order valence-electron chi connectivity index (χ1n) is 7.67. The molecular formula is C17H26N4O4. The zero-order valence-electron chi connectivity index (χ0n) is 14.7. The van der Waals surface area contributed by atoms with Crippen LogP contribution in [0.2, 0.25) is 0 Å². The molecule has 1 unspecified atom stereocenters. The van der Waals surface area contributed by atoms with Crippen LogP contribution >= 0.6 is 0 Å². The third-order valence-corrected chi connectivity index (χ3v) is 4.12. The van der Waals surface area contributed by atoms with Crippen molar-refractivity contribution < 1.29 is 19.2 Å². The number of nitrogens with two attached hydrogens (primary N) is 4. The second-order valence-corrected chi connectivity index (χ2v) is 6.30. The summed E-state index contributed by atoms with van der Waals surface area (Å²) in [7, 11) is 0. The first-order valence-corrected chi connectivity index (χ1v) is 7.67. The lowest BCUT2D eigenvalue weighted by atomic mass is 9.77. The Kier molecular flexibility index (Phi) is 8.32. The number of carbonyl (C=O) groups is 4. The minimum absolute atomic E-state index is 0.0671. The van der Waals surface area contributed by atoms with Gasteiger partial charge in [-0.05, 0) is 30.5 Å². The number of primary amides is 4. The fourth-order valence-corrected chi connectivity index (χ4v) is 1.79. The van der Waals surface area contributed by atoms with Crippen molar-refractivity contribution in [2.24, 2.45) is 34.3 Å². The summed E-state index contributed by atoms with van der Waals surface area (Å²) in [5, 5.41) is 0. The van der Waals surface area contributed by atoms with Crippen LogP contribution in [0.3, 0.4) is 0 Å². The van der Waals surface area contributed by atoms with E-state index in [4.69, 9.17) is 22.9 Å². The smallest absolute Gasteiger partial charge is 0.248 e. The summed E-state index contributed by atoms with van der Waals surface area (Å²) in [5.41, 5.74) is 20.2. The molecule has 25 heavy (non-hydrogen) atoms. The molecule has 0 bridgehead atoms.